The third-order valence-electron chi connectivity index (χ3n) is 3.42. The molecule has 0 saturated heterocycles. The fraction of sp³-hybridized carbons (Fsp3) is 0.929. The van der Waals surface area contributed by atoms with E-state index >= 15 is 0 Å². The highest BCUT2D eigenvalue weighted by Crippen LogP contribution is 2.23. The van der Waals surface area contributed by atoms with Crippen LogP contribution in [0.5, 0.6) is 0 Å². The van der Waals surface area contributed by atoms with Crippen molar-refractivity contribution in [3.8, 4) is 0 Å². The molecule has 0 radical (unpaired) electrons. The van der Waals surface area contributed by atoms with Gasteiger partial charge in [-0.25, -0.2) is 0 Å². The minimum Gasteiger partial charge on any atom is -0.409 e. The number of hydrogen-bond donors (Lipinski definition) is 3. The fourth-order valence-electron chi connectivity index (χ4n) is 1.81. The quantitative estimate of drug-likeness (QED) is 0.180. The number of nitrogens with two attached hydrogens (primary N) is 1. The first kappa shape index (κ1) is 18.6. The summed E-state index contributed by atoms with van der Waals surface area (Å²) in [5.41, 5.74) is 5.45. The molecule has 0 aromatic rings. The van der Waals surface area contributed by atoms with Crippen molar-refractivity contribution in [1.82, 2.24) is 5.32 Å². The van der Waals surface area contributed by atoms with Crippen molar-refractivity contribution in [3.63, 3.8) is 0 Å². The van der Waals surface area contributed by atoms with Crippen LogP contribution in [0.1, 0.15) is 53.4 Å². The number of oxime groups is 1. The lowest BCUT2D eigenvalue weighted by atomic mass is 9.86. The van der Waals surface area contributed by atoms with Gasteiger partial charge in [-0.05, 0) is 44.2 Å². The van der Waals surface area contributed by atoms with E-state index < -0.39 is 0 Å². The maximum atomic E-state index is 8.70. The van der Waals surface area contributed by atoms with Gasteiger partial charge < -0.3 is 16.3 Å². The number of hydrogen-bond acceptors (Lipinski definition) is 4. The molecule has 0 saturated carbocycles. The van der Waals surface area contributed by atoms with Crippen LogP contribution >= 0.6 is 11.8 Å². The molecule has 0 aliphatic carbocycles. The summed E-state index contributed by atoms with van der Waals surface area (Å²) in [4.78, 5) is 0. The van der Waals surface area contributed by atoms with Crippen LogP contribution in [-0.4, -0.2) is 35.1 Å². The summed E-state index contributed by atoms with van der Waals surface area (Å²) >= 11 is 2.00. The first-order chi connectivity index (χ1) is 8.94. The van der Waals surface area contributed by atoms with Crippen LogP contribution in [0.2, 0.25) is 0 Å². The molecule has 4 nitrogen and oxygen atoms in total. The van der Waals surface area contributed by atoms with Crippen LogP contribution in [0.15, 0.2) is 5.16 Å². The Bertz CT molecular complexity index is 257. The van der Waals surface area contributed by atoms with E-state index in [9.17, 15) is 0 Å². The molecule has 114 valence electrons. The number of nitrogens with zero attached hydrogens (tertiary/aromatic N) is 1. The molecular formula is C14H31N3OS. The Hall–Kier alpha value is -0.420. The smallest absolute Gasteiger partial charge is 0.144 e. The summed E-state index contributed by atoms with van der Waals surface area (Å²) in [5, 5.41) is 15.3. The van der Waals surface area contributed by atoms with E-state index in [2.05, 4.69) is 24.3 Å². The standard InChI is InChI=1S/C14H31N3OS/c1-5-19-11-8-12(2)16-10-7-6-9-14(3,4)13(15)17-18/h12,16,18H,5-11H2,1-4H3,(H2,15,17). The van der Waals surface area contributed by atoms with Crippen molar-refractivity contribution < 1.29 is 5.21 Å². The average Bonchev–Trinajstić information content (AvgIpc) is 2.37. The van der Waals surface area contributed by atoms with E-state index in [4.69, 9.17) is 10.9 Å². The molecule has 1 atom stereocenters. The Morgan fingerprint density at radius 3 is 2.68 bits per heavy atom. The van der Waals surface area contributed by atoms with Gasteiger partial charge in [0.25, 0.3) is 0 Å². The van der Waals surface area contributed by atoms with Gasteiger partial charge in [-0.3, -0.25) is 0 Å². The fourth-order valence-corrected chi connectivity index (χ4v) is 2.62. The van der Waals surface area contributed by atoms with Crippen LogP contribution in [0.3, 0.4) is 0 Å². The largest absolute Gasteiger partial charge is 0.409 e. The highest BCUT2D eigenvalue weighted by Gasteiger charge is 2.22. The summed E-state index contributed by atoms with van der Waals surface area (Å²) in [5.74, 6) is 2.77. The number of rotatable bonds is 11. The molecule has 0 amide bonds. The molecule has 19 heavy (non-hydrogen) atoms. The first-order valence-corrected chi connectivity index (χ1v) is 8.38. The van der Waals surface area contributed by atoms with Crippen LogP contribution in [0.4, 0.5) is 0 Å². The summed E-state index contributed by atoms with van der Waals surface area (Å²) in [6, 6.07) is 0.594. The summed E-state index contributed by atoms with van der Waals surface area (Å²) in [6.45, 7) is 9.52. The molecule has 0 aliphatic heterocycles. The van der Waals surface area contributed by atoms with Gasteiger partial charge >= 0.3 is 0 Å². The normalized spacial score (nSPS) is 14.6. The second-order valence-corrected chi connectivity index (χ2v) is 7.06. The van der Waals surface area contributed by atoms with Crippen molar-refractivity contribution in [3.05, 3.63) is 0 Å². The number of amidine groups is 1. The average molecular weight is 289 g/mol. The number of unbranched alkanes of at least 4 members (excludes halogenated alkanes) is 1. The lowest BCUT2D eigenvalue weighted by Gasteiger charge is -2.22. The van der Waals surface area contributed by atoms with E-state index in [0.29, 0.717) is 11.9 Å². The second-order valence-electron chi connectivity index (χ2n) is 5.67. The monoisotopic (exact) mass is 289 g/mol. The molecule has 1 unspecified atom stereocenters. The Morgan fingerprint density at radius 1 is 1.42 bits per heavy atom. The molecule has 0 rings (SSSR count). The van der Waals surface area contributed by atoms with Crippen LogP contribution in [0.25, 0.3) is 0 Å². The van der Waals surface area contributed by atoms with Gasteiger partial charge in [0.2, 0.25) is 0 Å². The lowest BCUT2D eigenvalue weighted by molar-refractivity contribution is 0.304. The third-order valence-corrected chi connectivity index (χ3v) is 4.35. The molecular weight excluding hydrogens is 258 g/mol. The van der Waals surface area contributed by atoms with Crippen molar-refractivity contribution in [2.24, 2.45) is 16.3 Å². The number of nitrogens with one attached hydrogen (secondary N) is 1. The minimum atomic E-state index is -0.210. The van der Waals surface area contributed by atoms with Gasteiger partial charge in [0.05, 0.1) is 0 Å². The zero-order valence-electron chi connectivity index (χ0n) is 12.9. The first-order valence-electron chi connectivity index (χ1n) is 7.23. The Balaban J connectivity index is 3.59. The maximum Gasteiger partial charge on any atom is 0.144 e. The Labute approximate surface area is 122 Å². The molecule has 0 aliphatic rings. The van der Waals surface area contributed by atoms with Gasteiger partial charge in [0.1, 0.15) is 5.84 Å². The summed E-state index contributed by atoms with van der Waals surface area (Å²) < 4.78 is 0. The van der Waals surface area contributed by atoms with E-state index in [1.165, 1.54) is 17.9 Å². The van der Waals surface area contributed by atoms with Crippen LogP contribution < -0.4 is 11.1 Å². The zero-order valence-corrected chi connectivity index (χ0v) is 13.7. The van der Waals surface area contributed by atoms with E-state index in [1.54, 1.807) is 0 Å². The molecule has 4 N–H and O–H groups in total. The molecule has 0 heterocycles. The Morgan fingerprint density at radius 2 is 2.11 bits per heavy atom. The highest BCUT2D eigenvalue weighted by molar-refractivity contribution is 7.99. The lowest BCUT2D eigenvalue weighted by Crippen LogP contribution is -2.32. The topological polar surface area (TPSA) is 70.6 Å². The van der Waals surface area contributed by atoms with Gasteiger partial charge in [-0.1, -0.05) is 32.3 Å². The molecule has 0 aromatic heterocycles. The molecule has 0 aromatic carbocycles. The molecule has 0 fully saturated rings. The van der Waals surface area contributed by atoms with Crippen LogP contribution in [0, 0.1) is 5.41 Å². The molecule has 5 heteroatoms. The van der Waals surface area contributed by atoms with Crippen molar-refractivity contribution >= 4 is 17.6 Å². The zero-order chi connectivity index (χ0) is 14.7. The minimum absolute atomic E-state index is 0.210. The van der Waals surface area contributed by atoms with E-state index in [0.717, 1.165) is 25.8 Å². The predicted octanol–water partition coefficient (Wildman–Crippen LogP) is 3.05. The van der Waals surface area contributed by atoms with Crippen molar-refractivity contribution in [2.75, 3.05) is 18.1 Å². The van der Waals surface area contributed by atoms with E-state index in [-0.39, 0.29) is 5.41 Å². The second kappa shape index (κ2) is 10.4. The van der Waals surface area contributed by atoms with Gasteiger partial charge in [0, 0.05) is 11.5 Å². The van der Waals surface area contributed by atoms with Crippen molar-refractivity contribution in [2.45, 2.75) is 59.4 Å². The third kappa shape index (κ3) is 9.16. The molecule has 0 spiro atoms. The maximum absolute atomic E-state index is 8.70. The van der Waals surface area contributed by atoms with E-state index in [1.807, 2.05) is 25.6 Å². The van der Waals surface area contributed by atoms with Gasteiger partial charge in [-0.15, -0.1) is 0 Å². The van der Waals surface area contributed by atoms with Crippen LogP contribution in [-0.2, 0) is 0 Å². The number of thioether (sulfide) groups is 1. The SMILES string of the molecule is CCSCCC(C)NCCCCC(C)(C)C(N)=NO. The predicted molar refractivity (Wildman–Crippen MR) is 86.1 cm³/mol. The van der Waals surface area contributed by atoms with Gasteiger partial charge in [0.15, 0.2) is 0 Å². The summed E-state index contributed by atoms with van der Waals surface area (Å²) in [7, 11) is 0. The Kier molecular flexibility index (Phi) is 10.1. The summed E-state index contributed by atoms with van der Waals surface area (Å²) in [6.07, 6.45) is 4.40. The molecule has 0 bridgehead atoms. The van der Waals surface area contributed by atoms with Crippen molar-refractivity contribution in [1.29, 1.82) is 0 Å². The highest BCUT2D eigenvalue weighted by atomic mass is 32.2. The van der Waals surface area contributed by atoms with Gasteiger partial charge in [-0.2, -0.15) is 11.8 Å².